The van der Waals surface area contributed by atoms with E-state index in [0.717, 1.165) is 11.1 Å². The standard InChI is InChI=1S/C25H24N4O4S/c1-14(30)26-12-15-5-7-16(8-6-15)20-13-34-24(27-20)28-21(31)17-9-10-18-19(11-17)23(33)29(22(18)32)25(2,3)4/h5-11,13H,12H2,1-4H3,(H,26,30)(H,27,28,31). The van der Waals surface area contributed by atoms with Crippen LogP contribution in [0.5, 0.6) is 0 Å². The summed E-state index contributed by atoms with van der Waals surface area (Å²) in [6.45, 7) is 7.30. The van der Waals surface area contributed by atoms with Gasteiger partial charge < -0.3 is 5.32 Å². The molecule has 0 saturated carbocycles. The summed E-state index contributed by atoms with van der Waals surface area (Å²) < 4.78 is 0. The van der Waals surface area contributed by atoms with E-state index in [0.29, 0.717) is 22.9 Å². The maximum atomic E-state index is 12.8. The van der Waals surface area contributed by atoms with Crippen LogP contribution in [0.15, 0.2) is 47.8 Å². The first kappa shape index (κ1) is 23.3. The Hall–Kier alpha value is -3.85. The van der Waals surface area contributed by atoms with Gasteiger partial charge in [0, 0.05) is 35.5 Å². The molecule has 2 aromatic carbocycles. The molecule has 174 valence electrons. The number of thiazole rings is 1. The normalized spacial score (nSPS) is 13.1. The van der Waals surface area contributed by atoms with Gasteiger partial charge in [-0.1, -0.05) is 24.3 Å². The third-order valence-electron chi connectivity index (χ3n) is 5.34. The molecule has 34 heavy (non-hydrogen) atoms. The Morgan fingerprint density at radius 3 is 2.32 bits per heavy atom. The quantitative estimate of drug-likeness (QED) is 0.539. The van der Waals surface area contributed by atoms with Crippen LogP contribution in [0.4, 0.5) is 5.13 Å². The van der Waals surface area contributed by atoms with Gasteiger partial charge in [-0.15, -0.1) is 11.3 Å². The smallest absolute Gasteiger partial charge is 0.262 e. The van der Waals surface area contributed by atoms with E-state index in [9.17, 15) is 19.2 Å². The maximum Gasteiger partial charge on any atom is 0.262 e. The number of hydrogen-bond acceptors (Lipinski definition) is 6. The molecule has 9 heteroatoms. The van der Waals surface area contributed by atoms with Crippen LogP contribution in [0.2, 0.25) is 0 Å². The molecule has 0 saturated heterocycles. The molecule has 0 bridgehead atoms. The number of anilines is 1. The molecule has 2 N–H and O–H groups in total. The number of carbonyl (C=O) groups excluding carboxylic acids is 4. The van der Waals surface area contributed by atoms with Gasteiger partial charge in [0.25, 0.3) is 17.7 Å². The number of fused-ring (bicyclic) bond motifs is 1. The number of nitrogens with zero attached hydrogens (tertiary/aromatic N) is 2. The minimum atomic E-state index is -0.658. The van der Waals surface area contributed by atoms with E-state index < -0.39 is 17.4 Å². The van der Waals surface area contributed by atoms with Crippen LogP contribution in [0.1, 0.15) is 64.3 Å². The number of aromatic nitrogens is 1. The second-order valence-electron chi connectivity index (χ2n) is 8.98. The highest BCUT2D eigenvalue weighted by Crippen LogP contribution is 2.30. The van der Waals surface area contributed by atoms with Crippen molar-refractivity contribution in [3.8, 4) is 11.3 Å². The number of benzene rings is 2. The van der Waals surface area contributed by atoms with E-state index in [1.807, 2.05) is 29.6 Å². The van der Waals surface area contributed by atoms with Crippen molar-refractivity contribution in [2.24, 2.45) is 0 Å². The molecule has 3 aromatic rings. The Morgan fingerprint density at radius 2 is 1.68 bits per heavy atom. The summed E-state index contributed by atoms with van der Waals surface area (Å²) in [5.74, 6) is -1.26. The molecule has 2 heterocycles. The molecule has 1 aliphatic heterocycles. The fourth-order valence-corrected chi connectivity index (χ4v) is 4.36. The van der Waals surface area contributed by atoms with Gasteiger partial charge in [-0.2, -0.15) is 0 Å². The molecular weight excluding hydrogens is 452 g/mol. The summed E-state index contributed by atoms with van der Waals surface area (Å²) in [6, 6.07) is 12.1. The fraction of sp³-hybridized carbons (Fsp3) is 0.240. The topological polar surface area (TPSA) is 108 Å². The zero-order valence-corrected chi connectivity index (χ0v) is 20.1. The molecule has 8 nitrogen and oxygen atoms in total. The van der Waals surface area contributed by atoms with Gasteiger partial charge in [-0.25, -0.2) is 4.98 Å². The predicted octanol–water partition coefficient (Wildman–Crippen LogP) is 4.09. The first-order chi connectivity index (χ1) is 16.0. The van der Waals surface area contributed by atoms with Gasteiger partial charge >= 0.3 is 0 Å². The van der Waals surface area contributed by atoms with Gasteiger partial charge in [0.05, 0.1) is 16.8 Å². The Balaban J connectivity index is 1.47. The van der Waals surface area contributed by atoms with E-state index in [4.69, 9.17) is 0 Å². The second-order valence-corrected chi connectivity index (χ2v) is 9.83. The molecule has 4 amide bonds. The summed E-state index contributed by atoms with van der Waals surface area (Å²) in [7, 11) is 0. The van der Waals surface area contributed by atoms with E-state index in [-0.39, 0.29) is 22.9 Å². The summed E-state index contributed by atoms with van der Waals surface area (Å²) in [5.41, 5.74) is 2.71. The van der Waals surface area contributed by atoms with Crippen molar-refractivity contribution in [3.63, 3.8) is 0 Å². The van der Waals surface area contributed by atoms with E-state index in [1.165, 1.54) is 41.4 Å². The molecule has 4 rings (SSSR count). The van der Waals surface area contributed by atoms with Crippen molar-refractivity contribution in [2.75, 3.05) is 5.32 Å². The van der Waals surface area contributed by atoms with Crippen LogP contribution < -0.4 is 10.6 Å². The first-order valence-corrected chi connectivity index (χ1v) is 11.6. The van der Waals surface area contributed by atoms with Crippen LogP contribution in [-0.4, -0.2) is 39.1 Å². The largest absolute Gasteiger partial charge is 0.352 e. The number of nitrogens with one attached hydrogen (secondary N) is 2. The van der Waals surface area contributed by atoms with Crippen molar-refractivity contribution in [3.05, 3.63) is 70.1 Å². The predicted molar refractivity (Wildman–Crippen MR) is 130 cm³/mol. The number of amides is 4. The lowest BCUT2D eigenvalue weighted by Crippen LogP contribution is -2.45. The van der Waals surface area contributed by atoms with E-state index >= 15 is 0 Å². The third-order valence-corrected chi connectivity index (χ3v) is 6.09. The van der Waals surface area contributed by atoms with E-state index in [2.05, 4.69) is 15.6 Å². The van der Waals surface area contributed by atoms with Crippen LogP contribution in [0.25, 0.3) is 11.3 Å². The highest BCUT2D eigenvalue weighted by Gasteiger charge is 2.42. The lowest BCUT2D eigenvalue weighted by atomic mass is 10.1. The number of imide groups is 1. The molecular formula is C25H24N4O4S. The average Bonchev–Trinajstić information content (AvgIpc) is 3.34. The van der Waals surface area contributed by atoms with Crippen LogP contribution in [-0.2, 0) is 11.3 Å². The SMILES string of the molecule is CC(=O)NCc1ccc(-c2csc(NC(=O)c3ccc4c(c3)C(=O)N(C(C)(C)C)C4=O)n2)cc1. The van der Waals surface area contributed by atoms with Crippen molar-refractivity contribution < 1.29 is 19.2 Å². The summed E-state index contributed by atoms with van der Waals surface area (Å²) >= 11 is 1.29. The summed E-state index contributed by atoms with van der Waals surface area (Å²) in [4.78, 5) is 55.0. The molecule has 0 fully saturated rings. The van der Waals surface area contributed by atoms with Gasteiger partial charge in [-0.3, -0.25) is 29.4 Å². The second kappa shape index (κ2) is 8.83. The summed E-state index contributed by atoms with van der Waals surface area (Å²) in [6.07, 6.45) is 0. The lowest BCUT2D eigenvalue weighted by molar-refractivity contribution is -0.119. The minimum absolute atomic E-state index is 0.0881. The van der Waals surface area contributed by atoms with E-state index in [1.54, 1.807) is 20.8 Å². The average molecular weight is 477 g/mol. The molecule has 1 aliphatic rings. The summed E-state index contributed by atoms with van der Waals surface area (Å²) in [5, 5.41) is 7.77. The van der Waals surface area contributed by atoms with Crippen LogP contribution in [0.3, 0.4) is 0 Å². The Morgan fingerprint density at radius 1 is 1.00 bits per heavy atom. The van der Waals surface area contributed by atoms with Crippen molar-refractivity contribution >= 4 is 40.1 Å². The van der Waals surface area contributed by atoms with Crippen molar-refractivity contribution in [2.45, 2.75) is 39.8 Å². The van der Waals surface area contributed by atoms with Crippen molar-refractivity contribution in [1.29, 1.82) is 0 Å². The Labute approximate surface area is 201 Å². The van der Waals surface area contributed by atoms with Crippen LogP contribution >= 0.6 is 11.3 Å². The third kappa shape index (κ3) is 4.60. The zero-order valence-electron chi connectivity index (χ0n) is 19.3. The lowest BCUT2D eigenvalue weighted by Gasteiger charge is -2.29. The number of hydrogen-bond donors (Lipinski definition) is 2. The fourth-order valence-electron chi connectivity index (χ4n) is 3.64. The maximum absolute atomic E-state index is 12.8. The minimum Gasteiger partial charge on any atom is -0.352 e. The van der Waals surface area contributed by atoms with Crippen LogP contribution in [0, 0.1) is 0 Å². The molecule has 0 unspecified atom stereocenters. The Kier molecular flexibility index (Phi) is 6.05. The van der Waals surface area contributed by atoms with Gasteiger partial charge in [0.15, 0.2) is 5.13 Å². The van der Waals surface area contributed by atoms with Gasteiger partial charge in [0.1, 0.15) is 0 Å². The molecule has 0 atom stereocenters. The first-order valence-electron chi connectivity index (χ1n) is 10.7. The zero-order chi connectivity index (χ0) is 24.6. The van der Waals surface area contributed by atoms with Gasteiger partial charge in [0.2, 0.25) is 5.91 Å². The molecule has 1 aromatic heterocycles. The number of rotatable bonds is 5. The Bertz CT molecular complexity index is 1310. The highest BCUT2D eigenvalue weighted by atomic mass is 32.1. The van der Waals surface area contributed by atoms with Gasteiger partial charge in [-0.05, 0) is 44.5 Å². The monoisotopic (exact) mass is 476 g/mol. The van der Waals surface area contributed by atoms with Crippen molar-refractivity contribution in [1.82, 2.24) is 15.2 Å². The molecule has 0 aliphatic carbocycles. The molecule has 0 spiro atoms. The highest BCUT2D eigenvalue weighted by molar-refractivity contribution is 7.14. The molecule has 0 radical (unpaired) electrons. The number of carbonyl (C=O) groups is 4.